The van der Waals surface area contributed by atoms with E-state index >= 15 is 0 Å². The molecule has 0 saturated carbocycles. The first-order valence-electron chi connectivity index (χ1n) is 3.74. The van der Waals surface area contributed by atoms with Gasteiger partial charge in [-0.2, -0.15) is 0 Å². The Bertz CT molecular complexity index is 186. The van der Waals surface area contributed by atoms with E-state index in [1.54, 1.807) is 0 Å². The van der Waals surface area contributed by atoms with Crippen molar-refractivity contribution < 1.29 is 0 Å². The first kappa shape index (κ1) is 8.57. The van der Waals surface area contributed by atoms with Crippen molar-refractivity contribution in [1.29, 1.82) is 0 Å². The summed E-state index contributed by atoms with van der Waals surface area (Å²) in [6.45, 7) is 0.952. The van der Waals surface area contributed by atoms with Crippen LogP contribution in [-0.2, 0) is 6.42 Å². The summed E-state index contributed by atoms with van der Waals surface area (Å²) in [4.78, 5) is 0. The molecule has 0 saturated heterocycles. The van der Waals surface area contributed by atoms with Gasteiger partial charge in [-0.1, -0.05) is 30.3 Å². The van der Waals surface area contributed by atoms with E-state index in [0.29, 0.717) is 6.00 Å². The minimum Gasteiger partial charge on any atom is -0.304 e. The van der Waals surface area contributed by atoms with Gasteiger partial charge in [-0.3, -0.25) is 0 Å². The van der Waals surface area contributed by atoms with Crippen molar-refractivity contribution in [2.45, 2.75) is 6.42 Å². The van der Waals surface area contributed by atoms with E-state index in [4.69, 9.17) is 11.6 Å². The van der Waals surface area contributed by atoms with Gasteiger partial charge in [0.25, 0.3) is 0 Å². The Kier molecular flexibility index (Phi) is 4.02. The highest BCUT2D eigenvalue weighted by atomic mass is 35.5. The Balaban J connectivity index is 2.28. The summed E-state index contributed by atoms with van der Waals surface area (Å²) in [5.74, 6) is 0. The lowest BCUT2D eigenvalue weighted by atomic mass is 10.2. The molecular weight excluding hydrogens is 158 g/mol. The molecule has 1 aromatic carbocycles. The first-order chi connectivity index (χ1) is 5.43. The van der Waals surface area contributed by atoms with Gasteiger partial charge in [0, 0.05) is 6.54 Å². The molecule has 0 atom stereocenters. The topological polar surface area (TPSA) is 12.0 Å². The van der Waals surface area contributed by atoms with E-state index in [9.17, 15) is 0 Å². The monoisotopic (exact) mass is 169 g/mol. The van der Waals surface area contributed by atoms with Crippen LogP contribution in [-0.4, -0.2) is 12.5 Å². The predicted molar refractivity (Wildman–Crippen MR) is 48.9 cm³/mol. The molecule has 0 spiro atoms. The molecule has 11 heavy (non-hydrogen) atoms. The van der Waals surface area contributed by atoms with Crippen LogP contribution < -0.4 is 5.32 Å². The van der Waals surface area contributed by atoms with Crippen LogP contribution in [0.25, 0.3) is 0 Å². The number of alkyl halides is 1. The van der Waals surface area contributed by atoms with Crippen LogP contribution >= 0.6 is 11.6 Å². The minimum atomic E-state index is 0.535. The third-order valence-electron chi connectivity index (χ3n) is 1.53. The van der Waals surface area contributed by atoms with Gasteiger partial charge in [0.1, 0.15) is 0 Å². The molecule has 0 fully saturated rings. The summed E-state index contributed by atoms with van der Waals surface area (Å²) < 4.78 is 0. The summed E-state index contributed by atoms with van der Waals surface area (Å²) in [6.07, 6.45) is 1.05. The fourth-order valence-electron chi connectivity index (χ4n) is 0.944. The smallest absolute Gasteiger partial charge is 0.0713 e. The Hall–Kier alpha value is -0.530. The summed E-state index contributed by atoms with van der Waals surface area (Å²) in [5.41, 5.74) is 1.35. The Morgan fingerprint density at radius 1 is 1.18 bits per heavy atom. The average Bonchev–Trinajstić information content (AvgIpc) is 2.07. The SMILES string of the molecule is ClCNCCc1ccccc1. The fourth-order valence-corrected chi connectivity index (χ4v) is 1.08. The molecule has 0 aliphatic carbocycles. The highest BCUT2D eigenvalue weighted by molar-refractivity contribution is 6.17. The van der Waals surface area contributed by atoms with E-state index < -0.39 is 0 Å². The number of hydrogen-bond donors (Lipinski definition) is 1. The van der Waals surface area contributed by atoms with Gasteiger partial charge in [-0.25, -0.2) is 0 Å². The lowest BCUT2D eigenvalue weighted by molar-refractivity contribution is 0.770. The number of halogens is 1. The van der Waals surface area contributed by atoms with E-state index in [-0.39, 0.29) is 0 Å². The molecule has 0 bridgehead atoms. The number of benzene rings is 1. The van der Waals surface area contributed by atoms with Crippen LogP contribution in [0.15, 0.2) is 30.3 Å². The van der Waals surface area contributed by atoms with Crippen LogP contribution in [0.4, 0.5) is 0 Å². The second-order valence-corrected chi connectivity index (χ2v) is 2.64. The van der Waals surface area contributed by atoms with Crippen molar-refractivity contribution in [1.82, 2.24) is 5.32 Å². The van der Waals surface area contributed by atoms with Crippen LogP contribution in [0.1, 0.15) is 5.56 Å². The molecule has 0 unspecified atom stereocenters. The Morgan fingerprint density at radius 3 is 2.55 bits per heavy atom. The second-order valence-electron chi connectivity index (χ2n) is 2.37. The van der Waals surface area contributed by atoms with Crippen molar-refractivity contribution >= 4 is 11.6 Å². The maximum Gasteiger partial charge on any atom is 0.0713 e. The average molecular weight is 170 g/mol. The lowest BCUT2D eigenvalue weighted by Crippen LogP contribution is -2.14. The summed E-state index contributed by atoms with van der Waals surface area (Å²) in [5, 5.41) is 3.06. The quantitative estimate of drug-likeness (QED) is 0.413. The van der Waals surface area contributed by atoms with E-state index in [1.807, 2.05) is 6.07 Å². The van der Waals surface area contributed by atoms with Crippen molar-refractivity contribution in [3.8, 4) is 0 Å². The molecule has 1 N–H and O–H groups in total. The van der Waals surface area contributed by atoms with Gasteiger partial charge in [-0.05, 0) is 12.0 Å². The molecule has 0 aliphatic heterocycles. The van der Waals surface area contributed by atoms with Crippen molar-refractivity contribution in [2.75, 3.05) is 12.5 Å². The Morgan fingerprint density at radius 2 is 1.91 bits per heavy atom. The molecule has 1 rings (SSSR count). The molecule has 60 valence electrons. The van der Waals surface area contributed by atoms with Crippen LogP contribution in [0.3, 0.4) is 0 Å². The maximum absolute atomic E-state index is 5.46. The highest BCUT2D eigenvalue weighted by Crippen LogP contribution is 1.97. The molecule has 2 heteroatoms. The largest absolute Gasteiger partial charge is 0.304 e. The van der Waals surface area contributed by atoms with Gasteiger partial charge >= 0.3 is 0 Å². The summed E-state index contributed by atoms with van der Waals surface area (Å²) >= 11 is 5.46. The van der Waals surface area contributed by atoms with Gasteiger partial charge < -0.3 is 5.32 Å². The highest BCUT2D eigenvalue weighted by Gasteiger charge is 1.88. The zero-order valence-electron chi connectivity index (χ0n) is 6.39. The van der Waals surface area contributed by atoms with E-state index in [1.165, 1.54) is 5.56 Å². The third-order valence-corrected chi connectivity index (χ3v) is 1.72. The molecular formula is C9H12ClN. The van der Waals surface area contributed by atoms with Crippen molar-refractivity contribution in [2.24, 2.45) is 0 Å². The maximum atomic E-state index is 5.46. The zero-order chi connectivity index (χ0) is 7.94. The zero-order valence-corrected chi connectivity index (χ0v) is 7.14. The van der Waals surface area contributed by atoms with Gasteiger partial charge in [0.05, 0.1) is 6.00 Å². The molecule has 0 aliphatic rings. The minimum absolute atomic E-state index is 0.535. The second kappa shape index (κ2) is 5.16. The van der Waals surface area contributed by atoms with Crippen LogP contribution in [0.5, 0.6) is 0 Å². The molecule has 0 amide bonds. The summed E-state index contributed by atoms with van der Waals surface area (Å²) in [7, 11) is 0. The predicted octanol–water partition coefficient (Wildman–Crippen LogP) is 2.01. The Labute approximate surface area is 72.4 Å². The van der Waals surface area contributed by atoms with Gasteiger partial charge in [0.2, 0.25) is 0 Å². The van der Waals surface area contributed by atoms with E-state index in [2.05, 4.69) is 29.6 Å². The normalized spacial score (nSPS) is 9.91. The number of rotatable bonds is 4. The third kappa shape index (κ3) is 3.40. The van der Waals surface area contributed by atoms with E-state index in [0.717, 1.165) is 13.0 Å². The van der Waals surface area contributed by atoms with Crippen molar-refractivity contribution in [3.05, 3.63) is 35.9 Å². The molecule has 0 heterocycles. The summed E-state index contributed by atoms with van der Waals surface area (Å²) in [6, 6.07) is 10.9. The molecule has 0 aromatic heterocycles. The fraction of sp³-hybridized carbons (Fsp3) is 0.333. The van der Waals surface area contributed by atoms with Crippen molar-refractivity contribution in [3.63, 3.8) is 0 Å². The number of nitrogens with one attached hydrogen (secondary N) is 1. The lowest BCUT2D eigenvalue weighted by Gasteiger charge is -1.99. The van der Waals surface area contributed by atoms with Crippen LogP contribution in [0.2, 0.25) is 0 Å². The number of hydrogen-bond acceptors (Lipinski definition) is 1. The molecule has 0 radical (unpaired) electrons. The van der Waals surface area contributed by atoms with Gasteiger partial charge in [-0.15, -0.1) is 11.6 Å². The first-order valence-corrected chi connectivity index (χ1v) is 4.27. The van der Waals surface area contributed by atoms with Crippen LogP contribution in [0, 0.1) is 0 Å². The standard InChI is InChI=1S/C9H12ClN/c10-8-11-7-6-9-4-2-1-3-5-9/h1-5,11H,6-8H2. The molecule has 1 nitrogen and oxygen atoms in total. The molecule has 1 aromatic rings. The van der Waals surface area contributed by atoms with Gasteiger partial charge in [0.15, 0.2) is 0 Å².